The first kappa shape index (κ1) is 29.8. The summed E-state index contributed by atoms with van der Waals surface area (Å²) < 4.78 is 25.7. The van der Waals surface area contributed by atoms with Gasteiger partial charge < -0.3 is 20.1 Å². The molecule has 0 aliphatic carbocycles. The molecular weight excluding hydrogens is 523 g/mol. The molecule has 0 bridgehead atoms. The first-order valence-corrected chi connectivity index (χ1v) is 13.2. The van der Waals surface area contributed by atoms with E-state index in [0.29, 0.717) is 28.8 Å². The molecule has 10 nitrogen and oxygen atoms in total. The number of thiazole rings is 1. The Kier molecular flexibility index (Phi) is 9.10. The number of nitrogens with zero attached hydrogens (tertiary/aromatic N) is 3. The fraction of sp³-hybridized carbons (Fsp3) is 0.444. The Morgan fingerprint density at radius 2 is 1.79 bits per heavy atom. The molecule has 3 aromatic rings. The van der Waals surface area contributed by atoms with Crippen LogP contribution in [0.4, 0.5) is 25.6 Å². The lowest BCUT2D eigenvalue weighted by molar-refractivity contribution is 0.0635. The maximum atomic E-state index is 15.8. The van der Waals surface area contributed by atoms with E-state index in [2.05, 4.69) is 30.7 Å². The van der Waals surface area contributed by atoms with Crippen LogP contribution in [0.15, 0.2) is 30.5 Å². The van der Waals surface area contributed by atoms with Gasteiger partial charge in [0.1, 0.15) is 5.60 Å². The Hall–Kier alpha value is -3.80. The maximum Gasteiger partial charge on any atom is 0.412 e. The quantitative estimate of drug-likeness (QED) is 0.312. The second kappa shape index (κ2) is 11.9. The lowest BCUT2D eigenvalue weighted by Crippen LogP contribution is -2.37. The molecule has 1 aromatic carbocycles. The molecule has 0 saturated heterocycles. The maximum absolute atomic E-state index is 15.8. The van der Waals surface area contributed by atoms with Gasteiger partial charge in [-0.25, -0.2) is 28.9 Å². The zero-order valence-electron chi connectivity index (χ0n) is 23.4. The molecule has 0 fully saturated rings. The summed E-state index contributed by atoms with van der Waals surface area (Å²) in [6.07, 6.45) is 0.309. The van der Waals surface area contributed by atoms with E-state index in [-0.39, 0.29) is 22.7 Å². The van der Waals surface area contributed by atoms with E-state index in [1.54, 1.807) is 45.2 Å². The summed E-state index contributed by atoms with van der Waals surface area (Å²) in [6, 6.07) is 6.21. The highest BCUT2D eigenvalue weighted by Gasteiger charge is 2.26. The Morgan fingerprint density at radius 3 is 2.44 bits per heavy atom. The molecule has 0 saturated carbocycles. The molecule has 2 amide bonds. The number of benzene rings is 1. The van der Waals surface area contributed by atoms with E-state index in [9.17, 15) is 9.59 Å². The number of methoxy groups -OCH3 is 1. The van der Waals surface area contributed by atoms with Gasteiger partial charge in [0.05, 0.1) is 34.1 Å². The van der Waals surface area contributed by atoms with Gasteiger partial charge in [0.2, 0.25) is 5.95 Å². The third-order valence-corrected chi connectivity index (χ3v) is 6.67. The second-order valence-corrected chi connectivity index (χ2v) is 11.9. The highest BCUT2D eigenvalue weighted by molar-refractivity contribution is 7.15. The Bertz CT molecular complexity index is 1330. The topological polar surface area (TPSA) is 127 Å². The standard InChI is InChI=1S/C27H35FN6O4S/c1-15(31-24(35)37-8)14-30-23-29-13-12-18(32-23)21-20(34-22(39-21)26(2,3)4)16-10-9-11-17(19(16)28)33-25(36)38-27(5,6)7/h9-13,15H,14H2,1-8H3,(H,31,35)(H,33,36)(H,29,30,32)/t15-/m0/s1. The van der Waals surface area contributed by atoms with Crippen LogP contribution in [0, 0.1) is 5.82 Å². The van der Waals surface area contributed by atoms with Crippen LogP contribution in [0.25, 0.3) is 21.8 Å². The predicted octanol–water partition coefficient (Wildman–Crippen LogP) is 6.21. The number of alkyl carbamates (subject to hydrolysis) is 1. The number of hydrogen-bond donors (Lipinski definition) is 3. The molecule has 0 aliphatic rings. The van der Waals surface area contributed by atoms with Gasteiger partial charge >= 0.3 is 12.2 Å². The van der Waals surface area contributed by atoms with Crippen LogP contribution in [0.1, 0.15) is 53.5 Å². The fourth-order valence-corrected chi connectivity index (χ4v) is 4.45. The van der Waals surface area contributed by atoms with Gasteiger partial charge in [0.15, 0.2) is 5.82 Å². The average Bonchev–Trinajstić information content (AvgIpc) is 3.29. The lowest BCUT2D eigenvalue weighted by atomic mass is 9.98. The van der Waals surface area contributed by atoms with Crippen molar-refractivity contribution in [3.63, 3.8) is 0 Å². The van der Waals surface area contributed by atoms with Crippen LogP contribution in [-0.4, -0.2) is 52.4 Å². The zero-order chi connectivity index (χ0) is 29.0. The normalized spacial score (nSPS) is 12.4. The summed E-state index contributed by atoms with van der Waals surface area (Å²) >= 11 is 1.41. The van der Waals surface area contributed by atoms with Crippen LogP contribution in [-0.2, 0) is 14.9 Å². The highest BCUT2D eigenvalue weighted by atomic mass is 32.1. The van der Waals surface area contributed by atoms with Gasteiger partial charge in [-0.15, -0.1) is 11.3 Å². The van der Waals surface area contributed by atoms with E-state index >= 15 is 4.39 Å². The summed E-state index contributed by atoms with van der Waals surface area (Å²) in [5, 5.41) is 9.05. The Balaban J connectivity index is 1.98. The molecule has 1 atom stereocenters. The zero-order valence-corrected chi connectivity index (χ0v) is 24.2. The molecule has 0 aliphatic heterocycles. The number of carbonyl (C=O) groups excluding carboxylic acids is 2. The van der Waals surface area contributed by atoms with Crippen molar-refractivity contribution in [2.24, 2.45) is 0 Å². The largest absolute Gasteiger partial charge is 0.453 e. The van der Waals surface area contributed by atoms with Gasteiger partial charge in [-0.3, -0.25) is 5.32 Å². The van der Waals surface area contributed by atoms with Gasteiger partial charge in [-0.1, -0.05) is 26.8 Å². The van der Waals surface area contributed by atoms with E-state index in [1.807, 2.05) is 27.7 Å². The van der Waals surface area contributed by atoms with Crippen molar-refractivity contribution in [3.05, 3.63) is 41.3 Å². The van der Waals surface area contributed by atoms with Crippen molar-refractivity contribution < 1.29 is 23.5 Å². The van der Waals surface area contributed by atoms with Gasteiger partial charge in [0, 0.05) is 29.8 Å². The van der Waals surface area contributed by atoms with Crippen LogP contribution in [0.2, 0.25) is 0 Å². The molecule has 0 radical (unpaired) electrons. The number of rotatable bonds is 7. The third kappa shape index (κ3) is 8.09. The summed E-state index contributed by atoms with van der Waals surface area (Å²) in [6.45, 7) is 13.4. The highest BCUT2D eigenvalue weighted by Crippen LogP contribution is 2.41. The van der Waals surface area contributed by atoms with E-state index in [4.69, 9.17) is 9.72 Å². The van der Waals surface area contributed by atoms with Crippen molar-refractivity contribution in [1.82, 2.24) is 20.3 Å². The molecule has 39 heavy (non-hydrogen) atoms. The third-order valence-electron chi connectivity index (χ3n) is 5.16. The smallest absolute Gasteiger partial charge is 0.412 e. The molecular formula is C27H35FN6O4S. The number of ether oxygens (including phenoxy) is 2. The minimum atomic E-state index is -0.755. The second-order valence-electron chi connectivity index (χ2n) is 10.9. The van der Waals surface area contributed by atoms with Crippen LogP contribution >= 0.6 is 11.3 Å². The van der Waals surface area contributed by atoms with Crippen molar-refractivity contribution in [3.8, 4) is 21.8 Å². The first-order valence-electron chi connectivity index (χ1n) is 12.4. The number of aromatic nitrogens is 3. The van der Waals surface area contributed by atoms with Crippen molar-refractivity contribution in [2.75, 3.05) is 24.3 Å². The minimum Gasteiger partial charge on any atom is -0.453 e. The molecule has 2 aromatic heterocycles. The van der Waals surface area contributed by atoms with Crippen LogP contribution in [0.3, 0.4) is 0 Å². The lowest BCUT2D eigenvalue weighted by Gasteiger charge is -2.20. The van der Waals surface area contributed by atoms with Crippen molar-refractivity contribution >= 4 is 35.2 Å². The molecule has 2 heterocycles. The number of carbonyl (C=O) groups is 2. The molecule has 0 spiro atoms. The monoisotopic (exact) mass is 558 g/mol. The van der Waals surface area contributed by atoms with Gasteiger partial charge in [-0.05, 0) is 45.9 Å². The van der Waals surface area contributed by atoms with Crippen LogP contribution < -0.4 is 16.0 Å². The van der Waals surface area contributed by atoms with E-state index in [1.165, 1.54) is 24.5 Å². The Morgan fingerprint density at radius 1 is 1.08 bits per heavy atom. The van der Waals surface area contributed by atoms with Gasteiger partial charge in [0.25, 0.3) is 0 Å². The van der Waals surface area contributed by atoms with Crippen molar-refractivity contribution in [2.45, 2.75) is 65.5 Å². The number of amides is 2. The summed E-state index contributed by atoms with van der Waals surface area (Å²) in [5.41, 5.74) is 0.122. The number of halogens is 1. The van der Waals surface area contributed by atoms with Crippen molar-refractivity contribution in [1.29, 1.82) is 0 Å². The molecule has 3 N–H and O–H groups in total. The predicted molar refractivity (Wildman–Crippen MR) is 151 cm³/mol. The number of hydrogen-bond acceptors (Lipinski definition) is 9. The molecule has 3 rings (SSSR count). The molecule has 12 heteroatoms. The van der Waals surface area contributed by atoms with E-state index < -0.39 is 23.6 Å². The summed E-state index contributed by atoms with van der Waals surface area (Å²) in [5.74, 6) is -0.297. The molecule has 0 unspecified atom stereocenters. The summed E-state index contributed by atoms with van der Waals surface area (Å²) in [7, 11) is 1.30. The van der Waals surface area contributed by atoms with E-state index in [0.717, 1.165) is 5.01 Å². The van der Waals surface area contributed by atoms with Crippen LogP contribution in [0.5, 0.6) is 0 Å². The van der Waals surface area contributed by atoms with Gasteiger partial charge in [-0.2, -0.15) is 0 Å². The minimum absolute atomic E-state index is 0.0184. The SMILES string of the molecule is COC(=O)N[C@@H](C)CNc1nccc(-c2sc(C(C)(C)C)nc2-c2cccc(NC(=O)OC(C)(C)C)c2F)n1. The number of nitrogens with one attached hydrogen (secondary N) is 3. The summed E-state index contributed by atoms with van der Waals surface area (Å²) in [4.78, 5) is 38.1. The average molecular weight is 559 g/mol. The first-order chi connectivity index (χ1) is 18.2. The Labute approximate surface area is 231 Å². The fourth-order valence-electron chi connectivity index (χ4n) is 3.35. The molecule has 210 valence electrons. The number of anilines is 2.